The Bertz CT molecular complexity index is 949. The highest BCUT2D eigenvalue weighted by Gasteiger charge is 2.43. The molecule has 0 aliphatic heterocycles. The van der Waals surface area contributed by atoms with E-state index in [-0.39, 0.29) is 37.4 Å². The van der Waals surface area contributed by atoms with Crippen molar-refractivity contribution in [2.24, 2.45) is 0 Å². The van der Waals surface area contributed by atoms with Gasteiger partial charge in [-0.15, -0.1) is 0 Å². The summed E-state index contributed by atoms with van der Waals surface area (Å²) in [6.45, 7) is 2.23. The number of aliphatic hydroxyl groups is 2. The molecule has 8 heteroatoms. The van der Waals surface area contributed by atoms with E-state index in [4.69, 9.17) is 4.74 Å². The van der Waals surface area contributed by atoms with Gasteiger partial charge < -0.3 is 25.2 Å². The molecule has 2 aliphatic carbocycles. The maximum absolute atomic E-state index is 13.8. The smallest absolute Gasteiger partial charge is 0.247 e. The maximum Gasteiger partial charge on any atom is 0.247 e. The molecule has 40 heavy (non-hydrogen) atoms. The molecule has 3 rings (SSSR count). The van der Waals surface area contributed by atoms with E-state index in [0.29, 0.717) is 17.7 Å². The minimum atomic E-state index is -0.960. The number of carbonyl (C=O) groups excluding carboxylic acids is 2. The lowest BCUT2D eigenvalue weighted by molar-refractivity contribution is -0.142. The van der Waals surface area contributed by atoms with Crippen LogP contribution in [0.2, 0.25) is 0 Å². The summed E-state index contributed by atoms with van der Waals surface area (Å²) in [5, 5.41) is 23.6. The summed E-state index contributed by atoms with van der Waals surface area (Å²) in [6, 6.07) is 7.11. The number of benzene rings is 1. The van der Waals surface area contributed by atoms with Gasteiger partial charge in [-0.3, -0.25) is 9.59 Å². The normalized spacial score (nSPS) is 21.2. The third-order valence-electron chi connectivity index (χ3n) is 8.17. The predicted molar refractivity (Wildman–Crippen MR) is 167 cm³/mol. The third kappa shape index (κ3) is 10.0. The van der Waals surface area contributed by atoms with Gasteiger partial charge in [0, 0.05) is 31.0 Å². The molecule has 0 aromatic heterocycles. The number of carbonyl (C=O) groups is 2. The van der Waals surface area contributed by atoms with Gasteiger partial charge in [-0.1, -0.05) is 83.3 Å². The van der Waals surface area contributed by atoms with Crippen LogP contribution in [-0.2, 0) is 9.59 Å². The molecular formula is C32H49IN2O5. The molecule has 0 radical (unpaired) electrons. The average Bonchev–Trinajstić information content (AvgIpc) is 3.48. The first-order valence-corrected chi connectivity index (χ1v) is 16.5. The Morgan fingerprint density at radius 3 is 2.33 bits per heavy atom. The lowest BCUT2D eigenvalue weighted by Crippen LogP contribution is -2.57. The Balaban J connectivity index is 1.71. The van der Waals surface area contributed by atoms with Crippen molar-refractivity contribution in [1.82, 2.24) is 10.2 Å². The number of para-hydroxylation sites is 1. The van der Waals surface area contributed by atoms with Crippen LogP contribution in [0.15, 0.2) is 35.9 Å². The average molecular weight is 669 g/mol. The molecule has 0 unspecified atom stereocenters. The fourth-order valence-electron chi connectivity index (χ4n) is 5.99. The van der Waals surface area contributed by atoms with Gasteiger partial charge in [-0.05, 0) is 60.1 Å². The van der Waals surface area contributed by atoms with Gasteiger partial charge in [0.05, 0.1) is 16.2 Å². The molecule has 224 valence electrons. The molecule has 0 bridgehead atoms. The van der Waals surface area contributed by atoms with Crippen LogP contribution in [-0.4, -0.2) is 64.4 Å². The zero-order valence-corrected chi connectivity index (χ0v) is 26.3. The molecule has 2 aliphatic rings. The molecule has 7 nitrogen and oxygen atoms in total. The van der Waals surface area contributed by atoms with Gasteiger partial charge >= 0.3 is 0 Å². The van der Waals surface area contributed by atoms with E-state index in [1.807, 2.05) is 29.2 Å². The quantitative estimate of drug-likeness (QED) is 0.142. The third-order valence-corrected chi connectivity index (χ3v) is 9.06. The van der Waals surface area contributed by atoms with Crippen LogP contribution >= 0.6 is 22.6 Å². The standard InChI is InChI=1S/C32H49IN2O5/c1-2-3-4-5-6-7-8-9-10-19-30(37)35(25-15-11-12-16-25)27-22-24(32(39)34-20-21-36)23-29(31(27)38)40-28-18-14-13-17-26(28)33/h13-14,17-18,23,25,27,29,31,36,38H,2-12,15-16,19-22H2,1H3,(H,34,39)/t27-,29+,31+/m1/s1. The number of hydrogen-bond donors (Lipinski definition) is 3. The van der Waals surface area contributed by atoms with Crippen LogP contribution in [0.1, 0.15) is 103 Å². The number of amides is 2. The molecular weight excluding hydrogens is 619 g/mol. The Kier molecular flexibility index (Phi) is 14.8. The highest BCUT2D eigenvalue weighted by Crippen LogP contribution is 2.34. The number of aliphatic hydroxyl groups excluding tert-OH is 2. The van der Waals surface area contributed by atoms with E-state index < -0.39 is 18.2 Å². The molecule has 2 amide bonds. The molecule has 1 fully saturated rings. The van der Waals surface area contributed by atoms with Crippen molar-refractivity contribution in [2.45, 2.75) is 128 Å². The van der Waals surface area contributed by atoms with Crippen LogP contribution in [0.25, 0.3) is 0 Å². The summed E-state index contributed by atoms with van der Waals surface area (Å²) in [6.07, 6.45) is 15.4. The van der Waals surface area contributed by atoms with E-state index in [1.165, 1.54) is 38.5 Å². The maximum atomic E-state index is 13.8. The van der Waals surface area contributed by atoms with Crippen molar-refractivity contribution in [3.8, 4) is 5.75 Å². The van der Waals surface area contributed by atoms with Crippen LogP contribution in [0.4, 0.5) is 0 Å². The first-order chi connectivity index (χ1) is 19.5. The van der Waals surface area contributed by atoms with Gasteiger partial charge in [0.15, 0.2) is 0 Å². The predicted octanol–water partition coefficient (Wildman–Crippen LogP) is 5.90. The minimum Gasteiger partial charge on any atom is -0.482 e. The molecule has 3 atom stereocenters. The number of rotatable bonds is 17. The monoisotopic (exact) mass is 668 g/mol. The van der Waals surface area contributed by atoms with Crippen molar-refractivity contribution < 1.29 is 24.5 Å². The molecule has 3 N–H and O–H groups in total. The molecule has 1 saturated carbocycles. The van der Waals surface area contributed by atoms with Crippen molar-refractivity contribution in [3.63, 3.8) is 0 Å². The van der Waals surface area contributed by atoms with Gasteiger partial charge in [0.1, 0.15) is 18.0 Å². The Morgan fingerprint density at radius 2 is 1.68 bits per heavy atom. The Hall–Kier alpha value is -1.65. The number of halogens is 1. The first kappa shape index (κ1) is 32.9. The van der Waals surface area contributed by atoms with Crippen molar-refractivity contribution in [3.05, 3.63) is 39.5 Å². The fraction of sp³-hybridized carbons (Fsp3) is 0.688. The van der Waals surface area contributed by atoms with E-state index in [0.717, 1.165) is 48.5 Å². The summed E-state index contributed by atoms with van der Waals surface area (Å²) < 4.78 is 7.17. The van der Waals surface area contributed by atoms with Crippen molar-refractivity contribution in [1.29, 1.82) is 0 Å². The topological polar surface area (TPSA) is 99.1 Å². The van der Waals surface area contributed by atoms with E-state index in [2.05, 4.69) is 34.8 Å². The van der Waals surface area contributed by atoms with E-state index in [9.17, 15) is 19.8 Å². The molecule has 0 spiro atoms. The van der Waals surface area contributed by atoms with E-state index in [1.54, 1.807) is 6.08 Å². The number of nitrogens with zero attached hydrogens (tertiary/aromatic N) is 1. The zero-order chi connectivity index (χ0) is 28.7. The highest BCUT2D eigenvalue weighted by molar-refractivity contribution is 14.1. The highest BCUT2D eigenvalue weighted by atomic mass is 127. The summed E-state index contributed by atoms with van der Waals surface area (Å²) in [4.78, 5) is 28.7. The second kappa shape index (κ2) is 18.0. The summed E-state index contributed by atoms with van der Waals surface area (Å²) in [5.41, 5.74) is 0.485. The largest absolute Gasteiger partial charge is 0.482 e. The van der Waals surface area contributed by atoms with Crippen LogP contribution in [0, 0.1) is 3.57 Å². The van der Waals surface area contributed by atoms with Crippen molar-refractivity contribution in [2.75, 3.05) is 13.2 Å². The molecule has 1 aromatic carbocycles. The van der Waals surface area contributed by atoms with Gasteiger partial charge in [-0.2, -0.15) is 0 Å². The van der Waals surface area contributed by atoms with Crippen LogP contribution < -0.4 is 10.1 Å². The SMILES string of the molecule is CCCCCCCCCCCC(=O)N(C1CCCC1)[C@@H]1CC(C(=O)NCCO)=C[C@H](Oc2ccccc2I)[C@H]1O. The van der Waals surface area contributed by atoms with E-state index >= 15 is 0 Å². The summed E-state index contributed by atoms with van der Waals surface area (Å²) >= 11 is 2.19. The lowest BCUT2D eigenvalue weighted by atomic mass is 9.87. The fourth-order valence-corrected chi connectivity index (χ4v) is 6.51. The second-order valence-electron chi connectivity index (χ2n) is 11.3. The summed E-state index contributed by atoms with van der Waals surface area (Å²) in [7, 11) is 0. The molecule has 0 heterocycles. The summed E-state index contributed by atoms with van der Waals surface area (Å²) in [5.74, 6) is 0.414. The number of nitrogens with one attached hydrogen (secondary N) is 1. The lowest BCUT2D eigenvalue weighted by Gasteiger charge is -2.43. The van der Waals surface area contributed by atoms with Crippen molar-refractivity contribution >= 4 is 34.4 Å². The first-order valence-electron chi connectivity index (χ1n) is 15.5. The number of unbranched alkanes of at least 4 members (excludes halogenated alkanes) is 8. The van der Waals surface area contributed by atoms with Gasteiger partial charge in [0.2, 0.25) is 11.8 Å². The Labute approximate surface area is 254 Å². The van der Waals surface area contributed by atoms with Gasteiger partial charge in [0.25, 0.3) is 0 Å². The Morgan fingerprint density at radius 1 is 1.02 bits per heavy atom. The van der Waals surface area contributed by atoms with Gasteiger partial charge in [-0.25, -0.2) is 0 Å². The zero-order valence-electron chi connectivity index (χ0n) is 24.2. The minimum absolute atomic E-state index is 0.0723. The van der Waals surface area contributed by atoms with Crippen LogP contribution in [0.3, 0.4) is 0 Å². The second-order valence-corrected chi connectivity index (χ2v) is 12.4. The molecule has 0 saturated heterocycles. The van der Waals surface area contributed by atoms with Crippen LogP contribution in [0.5, 0.6) is 5.75 Å². The molecule has 1 aromatic rings. The number of ether oxygens (including phenoxy) is 1. The number of hydrogen-bond acceptors (Lipinski definition) is 5.